The van der Waals surface area contributed by atoms with Crippen molar-refractivity contribution in [1.82, 2.24) is 5.32 Å². The van der Waals surface area contributed by atoms with E-state index in [2.05, 4.69) is 16.6 Å². The van der Waals surface area contributed by atoms with Crippen LogP contribution in [0.4, 0.5) is 8.78 Å². The normalized spacial score (nSPS) is 12.5. The molecule has 0 aromatic heterocycles. The van der Waals surface area contributed by atoms with Crippen LogP contribution in [-0.2, 0) is 0 Å². The van der Waals surface area contributed by atoms with Crippen molar-refractivity contribution in [1.29, 1.82) is 0 Å². The highest BCUT2D eigenvalue weighted by Gasteiger charge is 2.09. The molecule has 1 rings (SSSR count). The van der Waals surface area contributed by atoms with E-state index < -0.39 is 6.61 Å². The molecule has 2 nitrogen and oxygen atoms in total. The Bertz CT molecular complexity index is 338. The van der Waals surface area contributed by atoms with Crippen molar-refractivity contribution in [3.8, 4) is 5.75 Å². The lowest BCUT2D eigenvalue weighted by atomic mass is 10.0. The highest BCUT2D eigenvalue weighted by molar-refractivity contribution is 5.29. The number of nitrogens with one attached hydrogen (secondary N) is 1. The van der Waals surface area contributed by atoms with Crippen molar-refractivity contribution in [2.24, 2.45) is 0 Å². The molecule has 0 saturated heterocycles. The van der Waals surface area contributed by atoms with Crippen molar-refractivity contribution in [2.45, 2.75) is 26.0 Å². The monoisotopic (exact) mass is 241 g/mol. The summed E-state index contributed by atoms with van der Waals surface area (Å²) < 4.78 is 28.2. The molecule has 0 aliphatic rings. The Balaban J connectivity index is 2.72. The summed E-state index contributed by atoms with van der Waals surface area (Å²) in [5, 5.41) is 3.30. The van der Waals surface area contributed by atoms with Gasteiger partial charge in [-0.05, 0) is 30.7 Å². The van der Waals surface area contributed by atoms with E-state index >= 15 is 0 Å². The van der Waals surface area contributed by atoms with Gasteiger partial charge in [0.15, 0.2) is 0 Å². The molecular formula is C13H17F2NO. The van der Waals surface area contributed by atoms with Gasteiger partial charge in [-0.3, -0.25) is 0 Å². The highest BCUT2D eigenvalue weighted by Crippen LogP contribution is 2.21. The first kappa shape index (κ1) is 13.6. The Morgan fingerprint density at radius 3 is 2.47 bits per heavy atom. The van der Waals surface area contributed by atoms with E-state index in [1.54, 1.807) is 24.3 Å². The summed E-state index contributed by atoms with van der Waals surface area (Å²) in [7, 11) is 0. The summed E-state index contributed by atoms with van der Waals surface area (Å²) in [5.74, 6) is 0.178. The zero-order chi connectivity index (χ0) is 12.7. The molecular weight excluding hydrogens is 224 g/mol. The van der Waals surface area contributed by atoms with Crippen molar-refractivity contribution in [3.05, 3.63) is 42.5 Å². The van der Waals surface area contributed by atoms with Gasteiger partial charge in [0.05, 0.1) is 0 Å². The van der Waals surface area contributed by atoms with E-state index in [1.807, 2.05) is 13.0 Å². The van der Waals surface area contributed by atoms with Crippen LogP contribution in [0.15, 0.2) is 36.9 Å². The van der Waals surface area contributed by atoms with Crippen LogP contribution in [0.2, 0.25) is 0 Å². The smallest absolute Gasteiger partial charge is 0.387 e. The maximum Gasteiger partial charge on any atom is 0.387 e. The number of hydrogen-bond acceptors (Lipinski definition) is 2. The largest absolute Gasteiger partial charge is 0.435 e. The minimum absolute atomic E-state index is 0.165. The lowest BCUT2D eigenvalue weighted by Gasteiger charge is -2.16. The summed E-state index contributed by atoms with van der Waals surface area (Å²) in [6.45, 7) is 3.78. The molecule has 0 saturated carbocycles. The molecule has 0 bridgehead atoms. The third-order valence-corrected chi connectivity index (χ3v) is 2.36. The Morgan fingerprint density at radius 1 is 1.35 bits per heavy atom. The summed E-state index contributed by atoms with van der Waals surface area (Å²) in [5.41, 5.74) is 1.04. The van der Waals surface area contributed by atoms with Crippen LogP contribution in [0, 0.1) is 0 Å². The van der Waals surface area contributed by atoms with Crippen LogP contribution in [0.1, 0.15) is 24.9 Å². The molecule has 0 fully saturated rings. The minimum Gasteiger partial charge on any atom is -0.435 e. The fourth-order valence-electron chi connectivity index (χ4n) is 1.63. The fraction of sp³-hybridized carbons (Fsp3) is 0.385. The third-order valence-electron chi connectivity index (χ3n) is 2.36. The molecule has 0 spiro atoms. The number of benzene rings is 1. The van der Waals surface area contributed by atoms with Crippen molar-refractivity contribution < 1.29 is 13.5 Å². The second-order valence-corrected chi connectivity index (χ2v) is 3.58. The summed E-state index contributed by atoms with van der Waals surface area (Å²) in [6.07, 6.45) is 2.62. The maximum absolute atomic E-state index is 12.0. The molecule has 0 aliphatic heterocycles. The molecule has 1 aromatic rings. The molecule has 1 unspecified atom stereocenters. The maximum atomic E-state index is 12.0. The van der Waals surface area contributed by atoms with E-state index in [9.17, 15) is 8.78 Å². The lowest BCUT2D eigenvalue weighted by molar-refractivity contribution is -0.0498. The van der Waals surface area contributed by atoms with Gasteiger partial charge in [0.25, 0.3) is 0 Å². The lowest BCUT2D eigenvalue weighted by Crippen LogP contribution is -2.20. The van der Waals surface area contributed by atoms with E-state index in [-0.39, 0.29) is 11.8 Å². The Hall–Kier alpha value is -1.42. The van der Waals surface area contributed by atoms with Gasteiger partial charge in [0.1, 0.15) is 5.75 Å². The molecule has 0 radical (unpaired) electrons. The van der Waals surface area contributed by atoms with E-state index in [1.165, 1.54) is 0 Å². The van der Waals surface area contributed by atoms with E-state index in [0.717, 1.165) is 18.5 Å². The van der Waals surface area contributed by atoms with Gasteiger partial charge in [0.2, 0.25) is 0 Å². The zero-order valence-electron chi connectivity index (χ0n) is 9.83. The van der Waals surface area contributed by atoms with Crippen molar-refractivity contribution in [2.75, 3.05) is 6.54 Å². The van der Waals surface area contributed by atoms with Crippen molar-refractivity contribution >= 4 is 0 Å². The molecule has 0 amide bonds. The summed E-state index contributed by atoms with van der Waals surface area (Å²) in [6, 6.07) is 6.84. The second-order valence-electron chi connectivity index (χ2n) is 3.58. The van der Waals surface area contributed by atoms with Crippen molar-refractivity contribution in [3.63, 3.8) is 0 Å². The second kappa shape index (κ2) is 7.01. The Kier molecular flexibility index (Phi) is 5.63. The number of rotatable bonds is 7. The third kappa shape index (κ3) is 4.53. The molecule has 1 aromatic carbocycles. The fourth-order valence-corrected chi connectivity index (χ4v) is 1.63. The topological polar surface area (TPSA) is 21.3 Å². The van der Waals surface area contributed by atoms with Gasteiger partial charge in [0, 0.05) is 6.04 Å². The molecule has 17 heavy (non-hydrogen) atoms. The SMILES string of the molecule is C=CCC(NCC)c1ccc(OC(F)F)cc1. The van der Waals surface area contributed by atoms with Crippen LogP contribution >= 0.6 is 0 Å². The van der Waals surface area contributed by atoms with Crippen LogP contribution in [0.25, 0.3) is 0 Å². The minimum atomic E-state index is -2.78. The molecule has 4 heteroatoms. The van der Waals surface area contributed by atoms with E-state index in [0.29, 0.717) is 0 Å². The van der Waals surface area contributed by atoms with Crippen LogP contribution in [0.5, 0.6) is 5.75 Å². The molecule has 0 aliphatic carbocycles. The van der Waals surface area contributed by atoms with E-state index in [4.69, 9.17) is 0 Å². The Morgan fingerprint density at radius 2 is 2.00 bits per heavy atom. The van der Waals surface area contributed by atoms with Gasteiger partial charge in [-0.25, -0.2) is 0 Å². The molecule has 1 atom stereocenters. The summed E-state index contributed by atoms with van der Waals surface area (Å²) >= 11 is 0. The van der Waals surface area contributed by atoms with Gasteiger partial charge in [-0.1, -0.05) is 25.1 Å². The first-order valence-electron chi connectivity index (χ1n) is 5.56. The van der Waals surface area contributed by atoms with Gasteiger partial charge < -0.3 is 10.1 Å². The average molecular weight is 241 g/mol. The van der Waals surface area contributed by atoms with Gasteiger partial charge in [-0.2, -0.15) is 8.78 Å². The van der Waals surface area contributed by atoms with Crippen LogP contribution in [0.3, 0.4) is 0 Å². The predicted molar refractivity (Wildman–Crippen MR) is 64.3 cm³/mol. The first-order valence-corrected chi connectivity index (χ1v) is 5.56. The highest BCUT2D eigenvalue weighted by atomic mass is 19.3. The first-order chi connectivity index (χ1) is 8.17. The number of ether oxygens (including phenoxy) is 1. The molecule has 94 valence electrons. The number of alkyl halides is 2. The quantitative estimate of drug-likeness (QED) is 0.737. The van der Waals surface area contributed by atoms with Gasteiger partial charge >= 0.3 is 6.61 Å². The summed E-state index contributed by atoms with van der Waals surface area (Å²) in [4.78, 5) is 0. The predicted octanol–water partition coefficient (Wildman–Crippen LogP) is 3.51. The number of hydrogen-bond donors (Lipinski definition) is 1. The average Bonchev–Trinajstić information content (AvgIpc) is 2.29. The Labute approximate surface area is 100 Å². The standard InChI is InChI=1S/C13H17F2NO/c1-3-5-12(16-4-2)10-6-8-11(9-7-10)17-13(14)15/h3,6-9,12-13,16H,1,4-5H2,2H3. The van der Waals surface area contributed by atoms with Crippen LogP contribution in [-0.4, -0.2) is 13.2 Å². The molecule has 1 N–H and O–H groups in total. The van der Waals surface area contributed by atoms with Gasteiger partial charge in [-0.15, -0.1) is 6.58 Å². The molecule has 0 heterocycles. The zero-order valence-corrected chi connectivity index (χ0v) is 9.83. The van der Waals surface area contributed by atoms with Crippen LogP contribution < -0.4 is 10.1 Å². The number of halogens is 2.